The Kier molecular flexibility index (Phi) is 41.6. The van der Waals surface area contributed by atoms with Crippen molar-refractivity contribution in [2.24, 2.45) is 0 Å². The number of unbranched alkanes of at least 4 members (excludes halogenated alkanes) is 18. The van der Waals surface area contributed by atoms with Crippen LogP contribution in [-0.2, 0) is 28.6 Å². The molecule has 0 aromatic rings. The van der Waals surface area contributed by atoms with Gasteiger partial charge in [0.1, 0.15) is 13.2 Å². The zero-order valence-corrected chi connectivity index (χ0v) is 36.1. The van der Waals surface area contributed by atoms with E-state index in [2.05, 4.69) is 51.2 Å². The minimum Gasteiger partial charge on any atom is -0.462 e. The van der Waals surface area contributed by atoms with Crippen molar-refractivity contribution in [3.05, 3.63) is 85.1 Å². The molecular weight excluding hydrogens is 697 g/mol. The monoisotopic (exact) mass is 779 g/mol. The number of allylic oxidation sites excluding steroid dienone is 14. The number of rotatable bonds is 39. The maximum absolute atomic E-state index is 12.7. The molecule has 0 saturated heterocycles. The zero-order chi connectivity index (χ0) is 40.8. The second-order valence-electron chi connectivity index (χ2n) is 14.7. The molecule has 0 aliphatic heterocycles. The van der Waals surface area contributed by atoms with Crippen molar-refractivity contribution < 1.29 is 28.6 Å². The summed E-state index contributed by atoms with van der Waals surface area (Å²) < 4.78 is 16.6. The standard InChI is InChI=1S/C50H82O6/c1-4-7-10-13-16-19-22-25-28-31-34-37-40-43-49(52)55-46-47(45-54-48(51)42-39-36-33-30-27-24-21-18-15-12-9-6-3)56-50(53)44-41-38-35-32-29-26-23-20-17-14-11-8-5-2/h7,10,13,16,18-19,21-22,25-26,28-29,31,34,47H,4-6,8-9,11-12,14-15,17,20,23-24,27,30,32-33,35-46H2,1-3H3/b10-7-,16-13-,21-18-,22-19-,28-25-,29-26-,34-31-. The van der Waals surface area contributed by atoms with Crippen molar-refractivity contribution in [1.29, 1.82) is 0 Å². The summed E-state index contributed by atoms with van der Waals surface area (Å²) >= 11 is 0. The fraction of sp³-hybridized carbons (Fsp3) is 0.660. The van der Waals surface area contributed by atoms with Crippen LogP contribution >= 0.6 is 0 Å². The highest BCUT2D eigenvalue weighted by atomic mass is 16.6. The zero-order valence-electron chi connectivity index (χ0n) is 36.1. The van der Waals surface area contributed by atoms with Gasteiger partial charge in [-0.1, -0.05) is 176 Å². The minimum atomic E-state index is -0.814. The van der Waals surface area contributed by atoms with Crippen LogP contribution in [0.5, 0.6) is 0 Å². The average molecular weight is 779 g/mol. The number of ether oxygens (including phenoxy) is 3. The van der Waals surface area contributed by atoms with E-state index in [9.17, 15) is 14.4 Å². The van der Waals surface area contributed by atoms with E-state index in [1.165, 1.54) is 70.6 Å². The number of hydrogen-bond acceptors (Lipinski definition) is 6. The third-order valence-corrected chi connectivity index (χ3v) is 9.23. The Morgan fingerprint density at radius 2 is 0.732 bits per heavy atom. The molecular formula is C50H82O6. The summed E-state index contributed by atoms with van der Waals surface area (Å²) in [5.41, 5.74) is 0. The second-order valence-corrected chi connectivity index (χ2v) is 14.7. The lowest BCUT2D eigenvalue weighted by Gasteiger charge is -2.18. The molecule has 318 valence electrons. The van der Waals surface area contributed by atoms with Crippen LogP contribution in [0.3, 0.4) is 0 Å². The molecule has 0 bridgehead atoms. The molecule has 0 aromatic carbocycles. The van der Waals surface area contributed by atoms with Crippen molar-refractivity contribution in [1.82, 2.24) is 0 Å². The Hall–Kier alpha value is -3.41. The lowest BCUT2D eigenvalue weighted by molar-refractivity contribution is -0.167. The molecule has 56 heavy (non-hydrogen) atoms. The lowest BCUT2D eigenvalue weighted by atomic mass is 10.1. The Morgan fingerprint density at radius 3 is 1.25 bits per heavy atom. The van der Waals surface area contributed by atoms with E-state index in [0.29, 0.717) is 12.8 Å². The van der Waals surface area contributed by atoms with E-state index in [-0.39, 0.29) is 44.0 Å². The van der Waals surface area contributed by atoms with Gasteiger partial charge in [-0.15, -0.1) is 0 Å². The van der Waals surface area contributed by atoms with Gasteiger partial charge in [-0.25, -0.2) is 0 Å². The van der Waals surface area contributed by atoms with Gasteiger partial charge in [0.15, 0.2) is 6.10 Å². The van der Waals surface area contributed by atoms with Crippen LogP contribution in [-0.4, -0.2) is 37.2 Å². The molecule has 0 saturated carbocycles. The molecule has 0 amide bonds. The number of hydrogen-bond donors (Lipinski definition) is 0. The SMILES string of the molecule is CC\C=C/C=C\C=C/C=C\C=C/CCCC(=O)OCC(COC(=O)CCCCCCC/C=C\CCCCC)OC(=O)CCCCC/C=C\CCCCCCCC. The van der Waals surface area contributed by atoms with E-state index in [4.69, 9.17) is 14.2 Å². The Morgan fingerprint density at radius 1 is 0.375 bits per heavy atom. The molecule has 0 fully saturated rings. The van der Waals surface area contributed by atoms with Crippen LogP contribution in [0.15, 0.2) is 85.1 Å². The largest absolute Gasteiger partial charge is 0.462 e. The quantitative estimate of drug-likeness (QED) is 0.0203. The van der Waals surface area contributed by atoms with Gasteiger partial charge < -0.3 is 14.2 Å². The van der Waals surface area contributed by atoms with Crippen LogP contribution in [0.2, 0.25) is 0 Å². The van der Waals surface area contributed by atoms with Crippen molar-refractivity contribution in [2.45, 2.75) is 200 Å². The highest BCUT2D eigenvalue weighted by molar-refractivity contribution is 5.71. The summed E-state index contributed by atoms with van der Waals surface area (Å²) in [5.74, 6) is -1.02. The molecule has 0 rings (SSSR count). The van der Waals surface area contributed by atoms with Crippen LogP contribution in [0.4, 0.5) is 0 Å². The summed E-state index contributed by atoms with van der Waals surface area (Å²) in [6, 6.07) is 0. The fourth-order valence-electron chi connectivity index (χ4n) is 5.81. The number of esters is 3. The van der Waals surface area contributed by atoms with Gasteiger partial charge in [0.2, 0.25) is 0 Å². The first kappa shape index (κ1) is 52.6. The second kappa shape index (κ2) is 44.3. The highest BCUT2D eigenvalue weighted by Gasteiger charge is 2.19. The van der Waals surface area contributed by atoms with Gasteiger partial charge in [0.25, 0.3) is 0 Å². The average Bonchev–Trinajstić information content (AvgIpc) is 3.19. The molecule has 0 heterocycles. The molecule has 0 radical (unpaired) electrons. The van der Waals surface area contributed by atoms with Gasteiger partial charge in [0.05, 0.1) is 0 Å². The van der Waals surface area contributed by atoms with Crippen molar-refractivity contribution in [3.63, 3.8) is 0 Å². The molecule has 0 aromatic heterocycles. The molecule has 6 heteroatoms. The van der Waals surface area contributed by atoms with E-state index in [1.807, 2.05) is 54.7 Å². The predicted molar refractivity (Wildman–Crippen MR) is 237 cm³/mol. The van der Waals surface area contributed by atoms with E-state index in [0.717, 1.165) is 77.0 Å². The van der Waals surface area contributed by atoms with E-state index < -0.39 is 6.10 Å². The fourth-order valence-corrected chi connectivity index (χ4v) is 5.81. The maximum atomic E-state index is 12.7. The first-order valence-electron chi connectivity index (χ1n) is 22.7. The number of carbonyl (C=O) groups excluding carboxylic acids is 3. The van der Waals surface area contributed by atoms with Crippen molar-refractivity contribution in [2.75, 3.05) is 13.2 Å². The van der Waals surface area contributed by atoms with Crippen LogP contribution in [0.25, 0.3) is 0 Å². The third-order valence-electron chi connectivity index (χ3n) is 9.23. The Bertz CT molecular complexity index is 1120. The predicted octanol–water partition coefficient (Wildman–Crippen LogP) is 14.5. The molecule has 0 spiro atoms. The Balaban J connectivity index is 4.55. The molecule has 6 nitrogen and oxygen atoms in total. The molecule has 0 aliphatic rings. The van der Waals surface area contributed by atoms with E-state index in [1.54, 1.807) is 0 Å². The maximum Gasteiger partial charge on any atom is 0.306 e. The summed E-state index contributed by atoms with van der Waals surface area (Å²) in [4.78, 5) is 37.7. The third kappa shape index (κ3) is 41.7. The molecule has 0 N–H and O–H groups in total. The van der Waals surface area contributed by atoms with Gasteiger partial charge in [-0.3, -0.25) is 14.4 Å². The van der Waals surface area contributed by atoms with Crippen LogP contribution < -0.4 is 0 Å². The van der Waals surface area contributed by atoms with Crippen molar-refractivity contribution in [3.8, 4) is 0 Å². The van der Waals surface area contributed by atoms with E-state index >= 15 is 0 Å². The summed E-state index contributed by atoms with van der Waals surface area (Å²) in [6.07, 6.45) is 55.7. The first-order valence-corrected chi connectivity index (χ1v) is 22.7. The van der Waals surface area contributed by atoms with Gasteiger partial charge in [-0.2, -0.15) is 0 Å². The van der Waals surface area contributed by atoms with Crippen LogP contribution in [0.1, 0.15) is 194 Å². The highest BCUT2D eigenvalue weighted by Crippen LogP contribution is 2.12. The first-order chi connectivity index (χ1) is 27.5. The van der Waals surface area contributed by atoms with Gasteiger partial charge >= 0.3 is 17.9 Å². The summed E-state index contributed by atoms with van der Waals surface area (Å²) in [6.45, 7) is 6.35. The van der Waals surface area contributed by atoms with Gasteiger partial charge in [0, 0.05) is 19.3 Å². The summed E-state index contributed by atoms with van der Waals surface area (Å²) in [5, 5.41) is 0. The lowest BCUT2D eigenvalue weighted by Crippen LogP contribution is -2.30. The normalized spacial score (nSPS) is 12.8. The smallest absolute Gasteiger partial charge is 0.306 e. The minimum absolute atomic E-state index is 0.111. The molecule has 0 aliphatic carbocycles. The summed E-state index contributed by atoms with van der Waals surface area (Å²) in [7, 11) is 0. The molecule has 1 atom stereocenters. The molecule has 1 unspecified atom stereocenters. The van der Waals surface area contributed by atoms with Crippen LogP contribution in [0, 0.1) is 0 Å². The van der Waals surface area contributed by atoms with Crippen molar-refractivity contribution >= 4 is 17.9 Å². The topological polar surface area (TPSA) is 78.9 Å². The van der Waals surface area contributed by atoms with Gasteiger partial charge in [-0.05, 0) is 83.5 Å². The number of carbonyl (C=O) groups is 3. The Labute approximate surface area is 344 Å².